The summed E-state index contributed by atoms with van der Waals surface area (Å²) in [5.41, 5.74) is 5.95. The van der Waals surface area contributed by atoms with Gasteiger partial charge in [0.15, 0.2) is 5.78 Å². The number of dihydropyridines is 1. The monoisotopic (exact) mass is 414 g/mol. The van der Waals surface area contributed by atoms with Crippen LogP contribution in [-0.4, -0.2) is 5.78 Å². The first-order chi connectivity index (χ1) is 14.6. The maximum absolute atomic E-state index is 12.9. The third-order valence-corrected chi connectivity index (χ3v) is 6.91. The summed E-state index contributed by atoms with van der Waals surface area (Å²) in [7, 11) is 0. The van der Waals surface area contributed by atoms with Crippen LogP contribution in [0.15, 0.2) is 76.5 Å². The molecule has 4 heteroatoms. The molecule has 0 saturated heterocycles. The van der Waals surface area contributed by atoms with Gasteiger partial charge in [-0.1, -0.05) is 68.4 Å². The second-order valence-corrected chi connectivity index (χ2v) is 9.16. The van der Waals surface area contributed by atoms with Crippen LogP contribution < -0.4 is 5.32 Å². The maximum atomic E-state index is 12.9. The molecule has 2 aromatic rings. The fourth-order valence-electron chi connectivity index (χ4n) is 4.17. The van der Waals surface area contributed by atoms with Gasteiger partial charge in [0.1, 0.15) is 0 Å². The van der Waals surface area contributed by atoms with Gasteiger partial charge in [-0.2, -0.15) is 5.26 Å². The summed E-state index contributed by atoms with van der Waals surface area (Å²) >= 11 is 1.65. The molecule has 2 aliphatic rings. The van der Waals surface area contributed by atoms with Crippen LogP contribution in [0.2, 0.25) is 0 Å². The number of ketones is 1. The van der Waals surface area contributed by atoms with Crippen LogP contribution in [0.4, 0.5) is 0 Å². The molecule has 0 unspecified atom stereocenters. The lowest BCUT2D eigenvalue weighted by Gasteiger charge is -2.33. The second-order valence-electron chi connectivity index (χ2n) is 8.18. The normalized spacial score (nSPS) is 18.9. The molecule has 2 aromatic carbocycles. The maximum Gasteiger partial charge on any atom is 0.161 e. The standard InChI is InChI=1S/C26H26N2OS/c1-17(2)19-11-13-20(14-12-19)24-21(15-27)26(30-16-18-7-4-3-5-8-18)28-22-9-6-10-23(29)25(22)24/h3-5,7-8,11-14,17,24,28H,6,9-10,16H2,1-2H3/t24-/m0/s1. The average Bonchev–Trinajstić information content (AvgIpc) is 2.77. The molecule has 1 N–H and O–H groups in total. The van der Waals surface area contributed by atoms with Gasteiger partial charge in [0.05, 0.1) is 22.6 Å². The summed E-state index contributed by atoms with van der Waals surface area (Å²) in [4.78, 5) is 12.9. The van der Waals surface area contributed by atoms with Crippen molar-refractivity contribution in [3.63, 3.8) is 0 Å². The van der Waals surface area contributed by atoms with E-state index < -0.39 is 0 Å². The van der Waals surface area contributed by atoms with E-state index in [4.69, 9.17) is 0 Å². The molecule has 1 aliphatic carbocycles. The molecule has 0 saturated carbocycles. The summed E-state index contributed by atoms with van der Waals surface area (Å²) in [5.74, 6) is 1.12. The zero-order valence-electron chi connectivity index (χ0n) is 17.4. The van der Waals surface area contributed by atoms with E-state index in [1.807, 2.05) is 18.2 Å². The molecule has 1 atom stereocenters. The number of carbonyl (C=O) groups excluding carboxylic acids is 1. The van der Waals surface area contributed by atoms with Crippen LogP contribution in [0, 0.1) is 11.3 Å². The van der Waals surface area contributed by atoms with Crippen LogP contribution >= 0.6 is 11.8 Å². The molecule has 0 aromatic heterocycles. The molecule has 0 amide bonds. The molecule has 0 bridgehead atoms. The van der Waals surface area contributed by atoms with Crippen LogP contribution in [-0.2, 0) is 10.5 Å². The topological polar surface area (TPSA) is 52.9 Å². The number of nitrogens with one attached hydrogen (secondary N) is 1. The Labute approximate surface area is 182 Å². The minimum Gasteiger partial charge on any atom is -0.352 e. The highest BCUT2D eigenvalue weighted by Gasteiger charge is 2.36. The van der Waals surface area contributed by atoms with Gasteiger partial charge in [-0.25, -0.2) is 0 Å². The van der Waals surface area contributed by atoms with Crippen LogP contribution in [0.25, 0.3) is 0 Å². The fourth-order valence-corrected chi connectivity index (χ4v) is 5.19. The smallest absolute Gasteiger partial charge is 0.161 e. The molecule has 0 radical (unpaired) electrons. The largest absolute Gasteiger partial charge is 0.352 e. The highest BCUT2D eigenvalue weighted by atomic mass is 32.2. The van der Waals surface area contributed by atoms with Crippen molar-refractivity contribution in [1.29, 1.82) is 5.26 Å². The average molecular weight is 415 g/mol. The lowest BCUT2D eigenvalue weighted by molar-refractivity contribution is -0.116. The SMILES string of the molecule is CC(C)c1ccc([C@H]2C(C#N)=C(SCc3ccccc3)NC3=C2C(=O)CCC3)cc1. The number of carbonyl (C=O) groups is 1. The third-order valence-electron chi connectivity index (χ3n) is 5.83. The minimum absolute atomic E-state index is 0.168. The molecule has 3 nitrogen and oxygen atoms in total. The number of nitriles is 1. The molecule has 0 spiro atoms. The Bertz CT molecular complexity index is 1040. The Morgan fingerprint density at radius 2 is 1.83 bits per heavy atom. The first-order valence-electron chi connectivity index (χ1n) is 10.5. The highest BCUT2D eigenvalue weighted by Crippen LogP contribution is 2.44. The summed E-state index contributed by atoms with van der Waals surface area (Å²) in [6, 6.07) is 21.1. The Morgan fingerprint density at radius 3 is 2.50 bits per heavy atom. The first kappa shape index (κ1) is 20.5. The quantitative estimate of drug-likeness (QED) is 0.635. The number of rotatable bonds is 5. The van der Waals surface area contributed by atoms with E-state index >= 15 is 0 Å². The molecule has 1 heterocycles. The van der Waals surface area contributed by atoms with Crippen LogP contribution in [0.1, 0.15) is 61.6 Å². The Balaban J connectivity index is 1.74. The van der Waals surface area contributed by atoms with Crippen molar-refractivity contribution in [2.24, 2.45) is 0 Å². The van der Waals surface area contributed by atoms with Crippen molar-refractivity contribution in [1.82, 2.24) is 5.32 Å². The number of Topliss-reactive ketones (excluding diaryl/α,β-unsaturated/α-hetero) is 1. The summed E-state index contributed by atoms with van der Waals surface area (Å²) < 4.78 is 0. The van der Waals surface area contributed by atoms with Crippen LogP contribution in [0.3, 0.4) is 0 Å². The molecule has 30 heavy (non-hydrogen) atoms. The summed E-state index contributed by atoms with van der Waals surface area (Å²) in [5, 5.41) is 14.5. The third kappa shape index (κ3) is 4.08. The van der Waals surface area contributed by atoms with Crippen molar-refractivity contribution < 1.29 is 4.79 Å². The Morgan fingerprint density at radius 1 is 1.10 bits per heavy atom. The molecule has 152 valence electrons. The highest BCUT2D eigenvalue weighted by molar-refractivity contribution is 8.02. The van der Waals surface area contributed by atoms with Gasteiger partial charge in [-0.15, -0.1) is 11.8 Å². The predicted molar refractivity (Wildman–Crippen MR) is 123 cm³/mol. The van der Waals surface area contributed by atoms with Gasteiger partial charge in [0, 0.05) is 23.4 Å². The molecule has 0 fully saturated rings. The zero-order valence-corrected chi connectivity index (χ0v) is 18.3. The molecular weight excluding hydrogens is 388 g/mol. The number of hydrogen-bond acceptors (Lipinski definition) is 4. The van der Waals surface area contributed by atoms with E-state index in [9.17, 15) is 10.1 Å². The first-order valence-corrected chi connectivity index (χ1v) is 11.5. The molecule has 4 rings (SSSR count). The summed E-state index contributed by atoms with van der Waals surface area (Å²) in [6.45, 7) is 4.34. The predicted octanol–water partition coefficient (Wildman–Crippen LogP) is 6.17. The lowest BCUT2D eigenvalue weighted by Crippen LogP contribution is -2.31. The van der Waals surface area contributed by atoms with Crippen molar-refractivity contribution >= 4 is 17.5 Å². The number of thioether (sulfide) groups is 1. The summed E-state index contributed by atoms with van der Waals surface area (Å²) in [6.07, 6.45) is 2.28. The van der Waals surface area contributed by atoms with E-state index in [0.717, 1.165) is 40.5 Å². The number of allylic oxidation sites excluding steroid dienone is 3. The van der Waals surface area contributed by atoms with Crippen molar-refractivity contribution in [3.8, 4) is 6.07 Å². The van der Waals surface area contributed by atoms with E-state index in [1.54, 1.807) is 11.8 Å². The molecular formula is C26H26N2OS. The van der Waals surface area contributed by atoms with Gasteiger partial charge in [0.2, 0.25) is 0 Å². The van der Waals surface area contributed by atoms with Gasteiger partial charge < -0.3 is 5.32 Å². The van der Waals surface area contributed by atoms with Gasteiger partial charge >= 0.3 is 0 Å². The second kappa shape index (κ2) is 8.93. The van der Waals surface area contributed by atoms with Crippen molar-refractivity contribution in [2.45, 2.75) is 50.7 Å². The zero-order chi connectivity index (χ0) is 21.1. The van der Waals surface area contributed by atoms with E-state index in [0.29, 0.717) is 17.9 Å². The number of benzene rings is 2. The van der Waals surface area contributed by atoms with Gasteiger partial charge in [-0.05, 0) is 35.4 Å². The van der Waals surface area contributed by atoms with Gasteiger partial charge in [-0.3, -0.25) is 4.79 Å². The van der Waals surface area contributed by atoms with Crippen LogP contribution in [0.5, 0.6) is 0 Å². The Kier molecular flexibility index (Phi) is 6.11. The fraction of sp³-hybridized carbons (Fsp3) is 0.308. The Hall–Kier alpha value is -2.77. The lowest BCUT2D eigenvalue weighted by atomic mass is 9.76. The minimum atomic E-state index is -0.279. The van der Waals surface area contributed by atoms with E-state index in [2.05, 4.69) is 61.6 Å². The van der Waals surface area contributed by atoms with Gasteiger partial charge in [0.25, 0.3) is 0 Å². The molecule has 1 aliphatic heterocycles. The van der Waals surface area contributed by atoms with Crippen molar-refractivity contribution in [2.75, 3.05) is 0 Å². The number of nitrogens with zero attached hydrogens (tertiary/aromatic N) is 1. The van der Waals surface area contributed by atoms with E-state index in [-0.39, 0.29) is 11.7 Å². The number of hydrogen-bond donors (Lipinski definition) is 1. The van der Waals surface area contributed by atoms with E-state index in [1.165, 1.54) is 11.1 Å². The van der Waals surface area contributed by atoms with Crippen molar-refractivity contribution in [3.05, 3.63) is 93.2 Å².